The first kappa shape index (κ1) is 20.1. The van der Waals surface area contributed by atoms with Gasteiger partial charge in [-0.15, -0.1) is 0 Å². The van der Waals surface area contributed by atoms with Crippen LogP contribution in [-0.2, 0) is 12.6 Å². The number of aromatic nitrogens is 1. The van der Waals surface area contributed by atoms with E-state index in [1.165, 1.54) is 7.02 Å². The minimum absolute atomic E-state index is 0.0234. The van der Waals surface area contributed by atoms with E-state index in [1.807, 2.05) is 18.2 Å². The number of hydrogen-bond donors (Lipinski definition) is 1. The van der Waals surface area contributed by atoms with Crippen molar-refractivity contribution in [2.75, 3.05) is 0 Å². The van der Waals surface area contributed by atoms with Crippen LogP contribution in [0.15, 0.2) is 95.3 Å². The molecular formula is C20H19N4SSb-. The Hall–Kier alpha value is -2.23. The summed E-state index contributed by atoms with van der Waals surface area (Å²) in [6.07, 6.45) is 1.69. The zero-order chi connectivity index (χ0) is 18.6. The SMILES string of the molecule is C/C(=N\N=C(/N)[S-])c1ccccn1.c1cc[c]([Sb][c]2ccccc2)cc1. The quantitative estimate of drug-likeness (QED) is 0.209. The number of nitrogens with zero attached hydrogens (tertiary/aromatic N) is 3. The van der Waals surface area contributed by atoms with Crippen LogP contribution >= 0.6 is 0 Å². The van der Waals surface area contributed by atoms with E-state index in [-0.39, 0.29) is 26.8 Å². The van der Waals surface area contributed by atoms with E-state index in [9.17, 15) is 0 Å². The van der Waals surface area contributed by atoms with Crippen LogP contribution in [-0.4, -0.2) is 37.5 Å². The summed E-state index contributed by atoms with van der Waals surface area (Å²) >= 11 is 4.21. The monoisotopic (exact) mass is 468 g/mol. The Morgan fingerprint density at radius 3 is 1.85 bits per heavy atom. The van der Waals surface area contributed by atoms with E-state index in [0.717, 1.165) is 5.69 Å². The first-order valence-corrected chi connectivity index (χ1v) is 10.9. The van der Waals surface area contributed by atoms with Gasteiger partial charge in [0.05, 0.1) is 11.4 Å². The van der Waals surface area contributed by atoms with E-state index in [4.69, 9.17) is 5.73 Å². The third-order valence-corrected chi connectivity index (χ3v) is 6.36. The fourth-order valence-corrected chi connectivity index (χ4v) is 4.63. The molecule has 0 aliphatic rings. The fraction of sp³-hybridized carbons (Fsp3) is 0.0500. The number of rotatable bonds is 4. The Morgan fingerprint density at radius 1 is 0.846 bits per heavy atom. The van der Waals surface area contributed by atoms with E-state index >= 15 is 0 Å². The average Bonchev–Trinajstić information content (AvgIpc) is 2.69. The van der Waals surface area contributed by atoms with Gasteiger partial charge in [-0.2, -0.15) is 10.2 Å². The van der Waals surface area contributed by atoms with E-state index < -0.39 is 0 Å². The molecule has 0 saturated heterocycles. The number of nitrogens with two attached hydrogens (primary N) is 1. The molecule has 0 fully saturated rings. The van der Waals surface area contributed by atoms with Crippen LogP contribution in [0.3, 0.4) is 0 Å². The van der Waals surface area contributed by atoms with Crippen LogP contribution in [0.1, 0.15) is 12.6 Å². The zero-order valence-corrected chi connectivity index (χ0v) is 17.7. The van der Waals surface area contributed by atoms with Gasteiger partial charge in [-0.3, -0.25) is 4.98 Å². The van der Waals surface area contributed by atoms with Crippen molar-refractivity contribution in [3.8, 4) is 0 Å². The van der Waals surface area contributed by atoms with Gasteiger partial charge in [-0.25, -0.2) is 0 Å². The molecule has 1 radical (unpaired) electrons. The van der Waals surface area contributed by atoms with Crippen LogP contribution in [0.4, 0.5) is 0 Å². The zero-order valence-electron chi connectivity index (χ0n) is 14.4. The number of pyridine rings is 1. The second kappa shape index (κ2) is 11.4. The van der Waals surface area contributed by atoms with Gasteiger partial charge in [0.1, 0.15) is 0 Å². The first-order chi connectivity index (χ1) is 12.6. The van der Waals surface area contributed by atoms with Crippen molar-refractivity contribution >= 4 is 52.1 Å². The van der Waals surface area contributed by atoms with Crippen molar-refractivity contribution in [2.24, 2.45) is 15.9 Å². The van der Waals surface area contributed by atoms with E-state index in [1.54, 1.807) is 13.1 Å². The summed E-state index contributed by atoms with van der Waals surface area (Å²) in [4.78, 5) is 4.08. The molecule has 0 unspecified atom stereocenters. The van der Waals surface area contributed by atoms with Crippen molar-refractivity contribution in [1.29, 1.82) is 0 Å². The average molecular weight is 469 g/mol. The summed E-state index contributed by atoms with van der Waals surface area (Å²) in [7, 11) is 0. The van der Waals surface area contributed by atoms with Gasteiger partial charge in [0.15, 0.2) is 0 Å². The molecule has 26 heavy (non-hydrogen) atoms. The molecule has 0 saturated carbocycles. The maximum absolute atomic E-state index is 5.16. The predicted octanol–water partition coefficient (Wildman–Crippen LogP) is 2.01. The third kappa shape index (κ3) is 7.77. The second-order valence-corrected chi connectivity index (χ2v) is 9.13. The number of hydrogen-bond acceptors (Lipinski definition) is 4. The number of amidine groups is 1. The molecule has 0 atom stereocenters. The molecule has 6 heteroatoms. The molecule has 1 aromatic heterocycles. The normalized spacial score (nSPS) is 11.4. The summed E-state index contributed by atoms with van der Waals surface area (Å²) in [6.45, 7) is 1.80. The van der Waals surface area contributed by atoms with Crippen molar-refractivity contribution in [2.45, 2.75) is 6.92 Å². The molecule has 3 aromatic rings. The molecule has 2 N–H and O–H groups in total. The Labute approximate surface area is 170 Å². The van der Waals surface area contributed by atoms with Gasteiger partial charge in [-0.05, 0) is 24.2 Å². The standard InChI is InChI=1S/C8H10N4S.2C6H5.Sb/c1-6(11-12-8(9)13)7-4-2-3-5-10-7;2*1-2-4-6-5-3-1;/h2-5H,1H3,(H3,9,12,13);2*1-5H;/p-1/b11-6+;;;. The van der Waals surface area contributed by atoms with E-state index in [0.29, 0.717) is 5.71 Å². The Kier molecular flexibility index (Phi) is 8.80. The molecule has 0 bridgehead atoms. The third-order valence-electron chi connectivity index (χ3n) is 3.10. The van der Waals surface area contributed by atoms with Gasteiger partial charge < -0.3 is 18.4 Å². The molecule has 4 nitrogen and oxygen atoms in total. The topological polar surface area (TPSA) is 63.6 Å². The molecule has 1 heterocycles. The first-order valence-electron chi connectivity index (χ1n) is 7.93. The van der Waals surface area contributed by atoms with Gasteiger partial charge >= 0.3 is 89.3 Å². The van der Waals surface area contributed by atoms with Crippen molar-refractivity contribution in [3.05, 3.63) is 90.8 Å². The van der Waals surface area contributed by atoms with Crippen LogP contribution in [0.25, 0.3) is 0 Å². The van der Waals surface area contributed by atoms with Crippen molar-refractivity contribution < 1.29 is 0 Å². The molecule has 0 spiro atoms. The predicted molar refractivity (Wildman–Crippen MR) is 113 cm³/mol. The Bertz CT molecular complexity index is 796. The molecule has 2 aromatic carbocycles. The minimum atomic E-state index is -0.335. The second-order valence-electron chi connectivity index (χ2n) is 5.12. The summed E-state index contributed by atoms with van der Waals surface area (Å²) < 4.78 is 3.04. The molecule has 0 aliphatic heterocycles. The Morgan fingerprint density at radius 2 is 1.38 bits per heavy atom. The summed E-state index contributed by atoms with van der Waals surface area (Å²) in [6, 6.07) is 27.1. The Balaban J connectivity index is 0.000000187. The summed E-state index contributed by atoms with van der Waals surface area (Å²) in [5.74, 6) is 0. The molecule has 0 aliphatic carbocycles. The van der Waals surface area contributed by atoms with E-state index in [2.05, 4.69) is 88.5 Å². The van der Waals surface area contributed by atoms with Crippen LogP contribution in [0, 0.1) is 0 Å². The molecule has 3 rings (SSSR count). The van der Waals surface area contributed by atoms with Crippen molar-refractivity contribution in [3.63, 3.8) is 0 Å². The van der Waals surface area contributed by atoms with Crippen LogP contribution in [0.2, 0.25) is 0 Å². The maximum atomic E-state index is 5.16. The molecule has 0 amide bonds. The molecule has 131 valence electrons. The van der Waals surface area contributed by atoms with Crippen LogP contribution in [0.5, 0.6) is 0 Å². The van der Waals surface area contributed by atoms with Gasteiger partial charge in [0, 0.05) is 6.20 Å². The van der Waals surface area contributed by atoms with Gasteiger partial charge in [-0.1, -0.05) is 6.07 Å². The van der Waals surface area contributed by atoms with Gasteiger partial charge in [0.25, 0.3) is 0 Å². The molecular weight excluding hydrogens is 450 g/mol. The fourth-order valence-electron chi connectivity index (χ4n) is 1.91. The van der Waals surface area contributed by atoms with Crippen molar-refractivity contribution in [1.82, 2.24) is 4.98 Å². The van der Waals surface area contributed by atoms with Crippen LogP contribution < -0.4 is 12.8 Å². The number of benzene rings is 2. The summed E-state index contributed by atoms with van der Waals surface area (Å²) in [5, 5.41) is 7.39. The van der Waals surface area contributed by atoms with Gasteiger partial charge in [0.2, 0.25) is 0 Å². The summed E-state index contributed by atoms with van der Waals surface area (Å²) in [5.41, 5.74) is 6.61.